The number of fused-ring (bicyclic) bond motifs is 3. The first-order chi connectivity index (χ1) is 9.02. The van der Waals surface area contributed by atoms with Gasteiger partial charge in [0.25, 0.3) is 0 Å². The third-order valence-electron chi connectivity index (χ3n) is 6.14. The maximum Gasteiger partial charge on any atom is 0.0997 e. The Morgan fingerprint density at radius 1 is 1.32 bits per heavy atom. The zero-order valence-electron chi connectivity index (χ0n) is 12.2. The number of nitrogens with zero attached hydrogens (tertiary/aromatic N) is 3. The molecular weight excluding hydrogens is 236 g/mol. The lowest BCUT2D eigenvalue weighted by Crippen LogP contribution is -2.39. The summed E-state index contributed by atoms with van der Waals surface area (Å²) in [7, 11) is 0. The predicted molar refractivity (Wildman–Crippen MR) is 73.7 cm³/mol. The minimum Gasteiger partial charge on any atom is -0.311 e. The fourth-order valence-corrected chi connectivity index (χ4v) is 5.25. The largest absolute Gasteiger partial charge is 0.311 e. The summed E-state index contributed by atoms with van der Waals surface area (Å²) in [6.45, 7) is 9.32. The van der Waals surface area contributed by atoms with E-state index in [1.807, 2.05) is 0 Å². The van der Waals surface area contributed by atoms with E-state index in [2.05, 4.69) is 41.1 Å². The number of rotatable bonds is 1. The van der Waals surface area contributed by atoms with Gasteiger partial charge in [0, 0.05) is 19.5 Å². The topological polar surface area (TPSA) is 42.7 Å². The van der Waals surface area contributed by atoms with Crippen molar-refractivity contribution in [3.8, 4) is 0 Å². The van der Waals surface area contributed by atoms with Gasteiger partial charge in [0.2, 0.25) is 0 Å². The summed E-state index contributed by atoms with van der Waals surface area (Å²) in [5.74, 6) is 0.865. The molecule has 104 valence electrons. The van der Waals surface area contributed by atoms with Gasteiger partial charge in [-0.15, -0.1) is 5.10 Å². The Balaban J connectivity index is 1.82. The minimum absolute atomic E-state index is 0.360. The van der Waals surface area contributed by atoms with Gasteiger partial charge in [-0.05, 0) is 36.0 Å². The molecule has 3 unspecified atom stereocenters. The quantitative estimate of drug-likeness (QED) is 0.842. The first-order valence-electron chi connectivity index (χ1n) is 7.66. The number of aromatic nitrogens is 3. The Bertz CT molecular complexity index is 513. The van der Waals surface area contributed by atoms with Crippen LogP contribution in [0.15, 0.2) is 0 Å². The van der Waals surface area contributed by atoms with Crippen molar-refractivity contribution in [3.05, 3.63) is 11.4 Å². The number of hydrogen-bond donors (Lipinski definition) is 1. The van der Waals surface area contributed by atoms with Crippen molar-refractivity contribution >= 4 is 0 Å². The Hall–Kier alpha value is -0.900. The summed E-state index contributed by atoms with van der Waals surface area (Å²) >= 11 is 0. The molecule has 19 heavy (non-hydrogen) atoms. The fraction of sp³-hybridized carbons (Fsp3) is 0.867. The van der Waals surface area contributed by atoms with Crippen LogP contribution in [0.1, 0.15) is 57.5 Å². The molecule has 1 aromatic rings. The van der Waals surface area contributed by atoms with Crippen molar-refractivity contribution in [2.75, 3.05) is 6.54 Å². The molecule has 4 rings (SSSR count). The first-order valence-corrected chi connectivity index (χ1v) is 7.66. The van der Waals surface area contributed by atoms with Crippen LogP contribution in [-0.4, -0.2) is 21.5 Å². The van der Waals surface area contributed by atoms with Gasteiger partial charge < -0.3 is 5.32 Å². The molecule has 1 aliphatic heterocycles. The summed E-state index contributed by atoms with van der Waals surface area (Å²) in [5, 5.41) is 12.4. The van der Waals surface area contributed by atoms with Gasteiger partial charge >= 0.3 is 0 Å². The molecule has 1 aromatic heterocycles. The molecule has 2 aliphatic carbocycles. The summed E-state index contributed by atoms with van der Waals surface area (Å²) in [6.07, 6.45) is 5.21. The van der Waals surface area contributed by atoms with Gasteiger partial charge in [-0.2, -0.15) is 0 Å². The van der Waals surface area contributed by atoms with E-state index >= 15 is 0 Å². The molecule has 4 nitrogen and oxygen atoms in total. The zero-order chi connectivity index (χ0) is 13.3. The van der Waals surface area contributed by atoms with Gasteiger partial charge in [0.1, 0.15) is 0 Å². The molecular formula is C15H24N4. The van der Waals surface area contributed by atoms with Gasteiger partial charge in [0.05, 0.1) is 17.4 Å². The highest BCUT2D eigenvalue weighted by molar-refractivity contribution is 5.19. The Labute approximate surface area is 115 Å². The van der Waals surface area contributed by atoms with Crippen LogP contribution in [0.3, 0.4) is 0 Å². The van der Waals surface area contributed by atoms with Gasteiger partial charge in [0.15, 0.2) is 0 Å². The van der Waals surface area contributed by atoms with Crippen LogP contribution in [0, 0.1) is 16.7 Å². The van der Waals surface area contributed by atoms with Crippen molar-refractivity contribution in [3.63, 3.8) is 0 Å². The number of nitrogens with one attached hydrogen (secondary N) is 1. The van der Waals surface area contributed by atoms with E-state index in [0.29, 0.717) is 16.9 Å². The number of hydrogen-bond acceptors (Lipinski definition) is 3. The third-order valence-corrected chi connectivity index (χ3v) is 6.14. The van der Waals surface area contributed by atoms with E-state index in [9.17, 15) is 0 Å². The molecule has 2 saturated carbocycles. The van der Waals surface area contributed by atoms with E-state index in [1.165, 1.54) is 30.7 Å². The van der Waals surface area contributed by atoms with E-state index in [0.717, 1.165) is 25.4 Å². The second kappa shape index (κ2) is 3.60. The zero-order valence-corrected chi connectivity index (χ0v) is 12.2. The Morgan fingerprint density at radius 3 is 2.89 bits per heavy atom. The normalized spacial score (nSPS) is 39.5. The second-order valence-corrected chi connectivity index (χ2v) is 7.67. The van der Waals surface area contributed by atoms with Gasteiger partial charge in [-0.1, -0.05) is 26.0 Å². The van der Waals surface area contributed by atoms with Gasteiger partial charge in [-0.25, -0.2) is 4.68 Å². The van der Waals surface area contributed by atoms with Crippen molar-refractivity contribution in [1.82, 2.24) is 20.3 Å². The van der Waals surface area contributed by atoms with Crippen molar-refractivity contribution < 1.29 is 0 Å². The maximum atomic E-state index is 4.57. The highest BCUT2D eigenvalue weighted by Crippen LogP contribution is 2.68. The summed E-state index contributed by atoms with van der Waals surface area (Å²) < 4.78 is 2.31. The lowest BCUT2D eigenvalue weighted by Gasteiger charge is -2.43. The summed E-state index contributed by atoms with van der Waals surface area (Å²) in [6, 6.07) is 0.535. The highest BCUT2D eigenvalue weighted by atomic mass is 15.5. The predicted octanol–water partition coefficient (Wildman–Crippen LogP) is 2.31. The minimum atomic E-state index is 0.360. The molecule has 2 heterocycles. The van der Waals surface area contributed by atoms with E-state index in [4.69, 9.17) is 0 Å². The van der Waals surface area contributed by atoms with Crippen LogP contribution >= 0.6 is 0 Å². The third kappa shape index (κ3) is 1.44. The average molecular weight is 260 g/mol. The van der Waals surface area contributed by atoms with E-state index in [1.54, 1.807) is 0 Å². The molecule has 4 heteroatoms. The molecule has 0 radical (unpaired) electrons. The molecule has 2 bridgehead atoms. The molecule has 3 aliphatic rings. The molecule has 0 amide bonds. The molecule has 0 aromatic carbocycles. The summed E-state index contributed by atoms with van der Waals surface area (Å²) in [5.41, 5.74) is 3.36. The lowest BCUT2D eigenvalue weighted by molar-refractivity contribution is 0.0695. The van der Waals surface area contributed by atoms with Crippen LogP contribution in [0.5, 0.6) is 0 Å². The summed E-state index contributed by atoms with van der Waals surface area (Å²) in [4.78, 5) is 0. The van der Waals surface area contributed by atoms with Crippen LogP contribution in [0.4, 0.5) is 0 Å². The molecule has 3 atom stereocenters. The standard InChI is InChI=1S/C15H24N4/c1-14(2)10-4-6-15(3,8-10)13(14)19-12-5-7-16-9-11(12)17-18-19/h10,13,16H,4-9H2,1-3H3. The van der Waals surface area contributed by atoms with Crippen molar-refractivity contribution in [2.45, 2.75) is 59.0 Å². The molecule has 1 N–H and O–H groups in total. The first kappa shape index (κ1) is 11.9. The van der Waals surface area contributed by atoms with Crippen LogP contribution < -0.4 is 5.32 Å². The fourth-order valence-electron chi connectivity index (χ4n) is 5.25. The highest BCUT2D eigenvalue weighted by Gasteiger charge is 2.61. The average Bonchev–Trinajstić information content (AvgIpc) is 2.99. The van der Waals surface area contributed by atoms with Crippen LogP contribution in [-0.2, 0) is 13.0 Å². The molecule has 0 spiro atoms. The van der Waals surface area contributed by atoms with Crippen molar-refractivity contribution in [1.29, 1.82) is 0 Å². The van der Waals surface area contributed by atoms with Gasteiger partial charge in [-0.3, -0.25) is 0 Å². The van der Waals surface area contributed by atoms with E-state index < -0.39 is 0 Å². The Morgan fingerprint density at radius 2 is 2.16 bits per heavy atom. The second-order valence-electron chi connectivity index (χ2n) is 7.67. The smallest absolute Gasteiger partial charge is 0.0997 e. The monoisotopic (exact) mass is 260 g/mol. The lowest BCUT2D eigenvalue weighted by atomic mass is 9.68. The van der Waals surface area contributed by atoms with Crippen molar-refractivity contribution in [2.24, 2.45) is 16.7 Å². The SMILES string of the molecule is CC12CCC(C1)C(C)(C)C2n1nnc2c1CCNC2. The van der Waals surface area contributed by atoms with Crippen LogP contribution in [0.2, 0.25) is 0 Å². The molecule has 2 fully saturated rings. The Kier molecular flexibility index (Phi) is 2.25. The van der Waals surface area contributed by atoms with Crippen LogP contribution in [0.25, 0.3) is 0 Å². The van der Waals surface area contributed by atoms with E-state index in [-0.39, 0.29) is 0 Å². The molecule has 0 saturated heterocycles. The maximum absolute atomic E-state index is 4.57.